The number of rotatable bonds is 0. The van der Waals surface area contributed by atoms with Gasteiger partial charge in [0.1, 0.15) is 0 Å². The van der Waals surface area contributed by atoms with Crippen LogP contribution < -0.4 is 5.32 Å². The Morgan fingerprint density at radius 3 is 3.00 bits per heavy atom. The van der Waals surface area contributed by atoms with E-state index < -0.39 is 0 Å². The van der Waals surface area contributed by atoms with Crippen molar-refractivity contribution in [2.75, 3.05) is 19.6 Å². The summed E-state index contributed by atoms with van der Waals surface area (Å²) in [5.41, 5.74) is 0. The zero-order chi connectivity index (χ0) is 8.67. The van der Waals surface area contributed by atoms with E-state index in [1.54, 1.807) is 0 Å². The molecule has 3 aliphatic heterocycles. The van der Waals surface area contributed by atoms with Gasteiger partial charge in [-0.2, -0.15) is 0 Å². The molecule has 74 valence electrons. The molecule has 0 saturated carbocycles. The number of hydrogen-bond donors (Lipinski definition) is 1. The fraction of sp³-hybridized carbons (Fsp3) is 1.00. The Labute approximate surface area is 80.7 Å². The van der Waals surface area contributed by atoms with Crippen molar-refractivity contribution in [2.45, 2.75) is 44.2 Å². The molecule has 0 bridgehead atoms. The summed E-state index contributed by atoms with van der Waals surface area (Å²) in [5.74, 6) is 0.994. The van der Waals surface area contributed by atoms with Gasteiger partial charge in [0.2, 0.25) is 0 Å². The minimum absolute atomic E-state index is 0.874. The lowest BCUT2D eigenvalue weighted by Gasteiger charge is -2.45. The fourth-order valence-corrected chi connectivity index (χ4v) is 3.65. The van der Waals surface area contributed by atoms with Gasteiger partial charge in [-0.15, -0.1) is 0 Å². The maximum Gasteiger partial charge on any atom is 0.0139 e. The predicted octanol–water partition coefficient (Wildman–Crippen LogP) is 1.22. The monoisotopic (exact) mass is 180 g/mol. The fourth-order valence-electron chi connectivity index (χ4n) is 3.65. The molecule has 2 heteroatoms. The smallest absolute Gasteiger partial charge is 0.0139 e. The summed E-state index contributed by atoms with van der Waals surface area (Å²) in [6.07, 6.45) is 7.24. The molecule has 3 saturated heterocycles. The summed E-state index contributed by atoms with van der Waals surface area (Å²) in [7, 11) is 0. The molecular weight excluding hydrogens is 160 g/mol. The summed E-state index contributed by atoms with van der Waals surface area (Å²) in [6, 6.07) is 1.82. The average molecular weight is 180 g/mol. The molecule has 0 aromatic rings. The van der Waals surface area contributed by atoms with Crippen molar-refractivity contribution in [1.82, 2.24) is 10.2 Å². The third-order valence-electron chi connectivity index (χ3n) is 4.29. The summed E-state index contributed by atoms with van der Waals surface area (Å²) in [5, 5.41) is 3.66. The number of nitrogens with one attached hydrogen (secondary N) is 1. The van der Waals surface area contributed by atoms with Crippen molar-refractivity contribution in [3.05, 3.63) is 0 Å². The summed E-state index contributed by atoms with van der Waals surface area (Å²) in [4.78, 5) is 2.76. The van der Waals surface area contributed by atoms with Crippen LogP contribution in [0.25, 0.3) is 0 Å². The maximum absolute atomic E-state index is 3.66. The highest BCUT2D eigenvalue weighted by Crippen LogP contribution is 2.35. The van der Waals surface area contributed by atoms with E-state index in [4.69, 9.17) is 0 Å². The Morgan fingerprint density at radius 1 is 1.00 bits per heavy atom. The second-order valence-corrected chi connectivity index (χ2v) is 4.90. The van der Waals surface area contributed by atoms with Crippen molar-refractivity contribution < 1.29 is 0 Å². The van der Waals surface area contributed by atoms with Crippen molar-refractivity contribution in [3.8, 4) is 0 Å². The third kappa shape index (κ3) is 1.31. The minimum atomic E-state index is 0.874. The van der Waals surface area contributed by atoms with Crippen molar-refractivity contribution >= 4 is 0 Å². The van der Waals surface area contributed by atoms with Gasteiger partial charge in [-0.3, -0.25) is 4.90 Å². The van der Waals surface area contributed by atoms with E-state index >= 15 is 0 Å². The first-order chi connectivity index (χ1) is 6.45. The molecule has 13 heavy (non-hydrogen) atoms. The maximum atomic E-state index is 3.66. The van der Waals surface area contributed by atoms with E-state index in [0.717, 1.165) is 18.0 Å². The number of hydrogen-bond acceptors (Lipinski definition) is 2. The highest BCUT2D eigenvalue weighted by molar-refractivity contribution is 4.97. The summed E-state index contributed by atoms with van der Waals surface area (Å²) >= 11 is 0. The van der Waals surface area contributed by atoms with Crippen molar-refractivity contribution in [3.63, 3.8) is 0 Å². The van der Waals surface area contributed by atoms with Crippen molar-refractivity contribution in [2.24, 2.45) is 5.92 Å². The first kappa shape index (κ1) is 8.25. The first-order valence-electron chi connectivity index (χ1n) is 5.92. The SMILES string of the molecule is C1CCN2CCC3NCCC3C2C1. The van der Waals surface area contributed by atoms with E-state index in [1.807, 2.05) is 0 Å². The molecule has 3 atom stereocenters. The van der Waals surface area contributed by atoms with Crippen LogP contribution in [0.2, 0.25) is 0 Å². The molecule has 0 spiro atoms. The van der Waals surface area contributed by atoms with Gasteiger partial charge < -0.3 is 5.32 Å². The Bertz CT molecular complexity index is 193. The second-order valence-electron chi connectivity index (χ2n) is 4.90. The van der Waals surface area contributed by atoms with E-state index in [0.29, 0.717) is 0 Å². The quantitative estimate of drug-likeness (QED) is 0.603. The highest BCUT2D eigenvalue weighted by Gasteiger charge is 2.40. The van der Waals surface area contributed by atoms with Crippen LogP contribution in [0.15, 0.2) is 0 Å². The minimum Gasteiger partial charge on any atom is -0.314 e. The van der Waals surface area contributed by atoms with E-state index in [2.05, 4.69) is 10.2 Å². The Hall–Kier alpha value is -0.0800. The lowest BCUT2D eigenvalue weighted by atomic mass is 9.81. The Kier molecular flexibility index (Phi) is 2.06. The number of piperidine rings is 2. The Morgan fingerprint density at radius 2 is 2.00 bits per heavy atom. The molecule has 3 aliphatic rings. The van der Waals surface area contributed by atoms with Gasteiger partial charge >= 0.3 is 0 Å². The molecule has 3 heterocycles. The van der Waals surface area contributed by atoms with Crippen molar-refractivity contribution in [1.29, 1.82) is 0 Å². The van der Waals surface area contributed by atoms with E-state index in [9.17, 15) is 0 Å². The molecule has 0 radical (unpaired) electrons. The van der Waals surface area contributed by atoms with Gasteiger partial charge in [0, 0.05) is 12.1 Å². The van der Waals surface area contributed by atoms with E-state index in [-0.39, 0.29) is 0 Å². The summed E-state index contributed by atoms with van der Waals surface area (Å²) in [6.45, 7) is 4.02. The zero-order valence-electron chi connectivity index (χ0n) is 8.34. The molecule has 2 nitrogen and oxygen atoms in total. The number of fused-ring (bicyclic) bond motifs is 3. The van der Waals surface area contributed by atoms with Crippen LogP contribution in [-0.4, -0.2) is 36.6 Å². The largest absolute Gasteiger partial charge is 0.314 e. The van der Waals surface area contributed by atoms with Gasteiger partial charge in [-0.25, -0.2) is 0 Å². The van der Waals surface area contributed by atoms with Crippen LogP contribution in [-0.2, 0) is 0 Å². The van der Waals surface area contributed by atoms with Crippen LogP contribution in [0.4, 0.5) is 0 Å². The topological polar surface area (TPSA) is 15.3 Å². The normalized spacial score (nSPS) is 45.7. The standard InChI is InChI=1S/C11H20N2/c1-2-7-13-8-5-10-9(4-6-12-10)11(13)3-1/h9-12H,1-8H2. The molecule has 3 fully saturated rings. The van der Waals surface area contributed by atoms with Gasteiger partial charge in [-0.1, -0.05) is 6.42 Å². The number of nitrogens with zero attached hydrogens (tertiary/aromatic N) is 1. The lowest BCUT2D eigenvalue weighted by Crippen LogP contribution is -2.53. The first-order valence-corrected chi connectivity index (χ1v) is 5.92. The molecule has 0 amide bonds. The summed E-state index contributed by atoms with van der Waals surface area (Å²) < 4.78 is 0. The third-order valence-corrected chi connectivity index (χ3v) is 4.29. The Balaban J connectivity index is 1.77. The highest BCUT2D eigenvalue weighted by atomic mass is 15.2. The molecule has 0 aromatic heterocycles. The van der Waals surface area contributed by atoms with Crippen LogP contribution in [0.3, 0.4) is 0 Å². The lowest BCUT2D eigenvalue weighted by molar-refractivity contribution is 0.0534. The molecule has 0 aliphatic carbocycles. The second kappa shape index (κ2) is 3.25. The van der Waals surface area contributed by atoms with Crippen LogP contribution in [0, 0.1) is 5.92 Å². The molecular formula is C11H20N2. The molecule has 3 unspecified atom stereocenters. The van der Waals surface area contributed by atoms with Crippen LogP contribution >= 0.6 is 0 Å². The molecule has 0 aromatic carbocycles. The zero-order valence-corrected chi connectivity index (χ0v) is 8.34. The predicted molar refractivity (Wildman–Crippen MR) is 53.7 cm³/mol. The van der Waals surface area contributed by atoms with Gasteiger partial charge in [0.25, 0.3) is 0 Å². The van der Waals surface area contributed by atoms with Gasteiger partial charge in [0.05, 0.1) is 0 Å². The van der Waals surface area contributed by atoms with Gasteiger partial charge in [-0.05, 0) is 51.2 Å². The molecule has 3 rings (SSSR count). The van der Waals surface area contributed by atoms with Gasteiger partial charge in [0.15, 0.2) is 0 Å². The molecule has 1 N–H and O–H groups in total. The van der Waals surface area contributed by atoms with Crippen LogP contribution in [0.1, 0.15) is 32.1 Å². The van der Waals surface area contributed by atoms with Crippen LogP contribution in [0.5, 0.6) is 0 Å². The average Bonchev–Trinajstić information content (AvgIpc) is 2.65. The van der Waals surface area contributed by atoms with E-state index in [1.165, 1.54) is 51.7 Å².